The Bertz CT molecular complexity index is 424. The van der Waals surface area contributed by atoms with E-state index in [0.29, 0.717) is 18.2 Å². The molecule has 0 aliphatic heterocycles. The van der Waals surface area contributed by atoms with E-state index >= 15 is 0 Å². The largest absolute Gasteiger partial charge is 0.481 e. The number of aromatic nitrogens is 2. The van der Waals surface area contributed by atoms with Gasteiger partial charge in [-0.25, -0.2) is 9.97 Å². The van der Waals surface area contributed by atoms with Gasteiger partial charge in [-0.2, -0.15) is 0 Å². The molecule has 2 bridgehead atoms. The van der Waals surface area contributed by atoms with Crippen LogP contribution in [0, 0.1) is 17.8 Å². The van der Waals surface area contributed by atoms with Crippen molar-refractivity contribution < 1.29 is 9.84 Å². The van der Waals surface area contributed by atoms with Gasteiger partial charge in [-0.3, -0.25) is 0 Å². The number of fused-ring (bicyclic) bond motifs is 2. The Morgan fingerprint density at radius 2 is 2.28 bits per heavy atom. The fourth-order valence-electron chi connectivity index (χ4n) is 3.73. The molecule has 0 amide bonds. The highest BCUT2D eigenvalue weighted by Gasteiger charge is 2.42. The number of hydrogen-bond donors (Lipinski definition) is 1. The molecule has 1 N–H and O–H groups in total. The van der Waals surface area contributed by atoms with Gasteiger partial charge >= 0.3 is 0 Å². The lowest BCUT2D eigenvalue weighted by atomic mass is 9.83. The molecule has 1 aromatic rings. The third-order valence-corrected chi connectivity index (χ3v) is 4.61. The molecule has 2 aliphatic carbocycles. The first-order valence-corrected chi connectivity index (χ1v) is 6.79. The van der Waals surface area contributed by atoms with Crippen molar-refractivity contribution in [2.45, 2.75) is 38.2 Å². The molecule has 0 radical (unpaired) electrons. The van der Waals surface area contributed by atoms with Crippen LogP contribution in [0.3, 0.4) is 0 Å². The fraction of sp³-hybridized carbons (Fsp3) is 0.714. The molecular weight excluding hydrogens is 228 g/mol. The normalized spacial score (nSPS) is 31.6. The predicted octanol–water partition coefficient (Wildman–Crippen LogP) is 1.82. The molecule has 4 unspecified atom stereocenters. The molecule has 1 heterocycles. The van der Waals surface area contributed by atoms with Crippen LogP contribution in [-0.2, 0) is 6.42 Å². The van der Waals surface area contributed by atoms with Gasteiger partial charge in [-0.1, -0.05) is 6.42 Å². The molecule has 4 nitrogen and oxygen atoms in total. The third-order valence-electron chi connectivity index (χ3n) is 4.61. The smallest absolute Gasteiger partial charge is 0.216 e. The molecular formula is C14H20N2O2. The van der Waals surface area contributed by atoms with Crippen molar-refractivity contribution in [3.8, 4) is 5.88 Å². The van der Waals surface area contributed by atoms with Crippen LogP contribution in [0.1, 0.15) is 31.4 Å². The minimum Gasteiger partial charge on any atom is -0.481 e. The first kappa shape index (κ1) is 11.9. The average molecular weight is 248 g/mol. The minimum absolute atomic E-state index is 0.264. The minimum atomic E-state index is -0.264. The summed E-state index contributed by atoms with van der Waals surface area (Å²) in [5.74, 6) is 2.66. The van der Waals surface area contributed by atoms with Crippen LogP contribution in [0.4, 0.5) is 0 Å². The molecule has 0 aromatic carbocycles. The third kappa shape index (κ3) is 2.21. The summed E-state index contributed by atoms with van der Waals surface area (Å²) in [6.45, 7) is 0. The lowest BCUT2D eigenvalue weighted by Crippen LogP contribution is -2.27. The predicted molar refractivity (Wildman–Crippen MR) is 67.2 cm³/mol. The highest BCUT2D eigenvalue weighted by atomic mass is 16.5. The zero-order chi connectivity index (χ0) is 12.5. The van der Waals surface area contributed by atoms with Crippen LogP contribution < -0.4 is 4.74 Å². The van der Waals surface area contributed by atoms with Gasteiger partial charge in [-0.15, -0.1) is 0 Å². The van der Waals surface area contributed by atoms with Crippen molar-refractivity contribution in [3.05, 3.63) is 18.1 Å². The molecule has 0 spiro atoms. The van der Waals surface area contributed by atoms with E-state index in [0.717, 1.165) is 17.5 Å². The van der Waals surface area contributed by atoms with Gasteiger partial charge in [0.15, 0.2) is 0 Å². The Balaban J connectivity index is 1.65. The van der Waals surface area contributed by atoms with E-state index in [-0.39, 0.29) is 6.10 Å². The molecule has 1 aromatic heterocycles. The van der Waals surface area contributed by atoms with E-state index in [1.807, 2.05) is 6.07 Å². The Hall–Kier alpha value is -1.16. The number of rotatable bonds is 4. The van der Waals surface area contributed by atoms with Gasteiger partial charge in [0.05, 0.1) is 18.9 Å². The van der Waals surface area contributed by atoms with Gasteiger partial charge < -0.3 is 9.84 Å². The summed E-state index contributed by atoms with van der Waals surface area (Å²) < 4.78 is 5.08. The summed E-state index contributed by atoms with van der Waals surface area (Å²) >= 11 is 0. The Morgan fingerprint density at radius 3 is 2.94 bits per heavy atom. The number of methoxy groups -OCH3 is 1. The van der Waals surface area contributed by atoms with E-state index in [1.165, 1.54) is 32.0 Å². The fourth-order valence-corrected chi connectivity index (χ4v) is 3.73. The second kappa shape index (κ2) is 4.84. The van der Waals surface area contributed by atoms with Crippen molar-refractivity contribution in [2.24, 2.45) is 17.8 Å². The van der Waals surface area contributed by atoms with Crippen LogP contribution in [0.25, 0.3) is 0 Å². The van der Waals surface area contributed by atoms with E-state index < -0.39 is 0 Å². The maximum Gasteiger partial charge on any atom is 0.216 e. The summed E-state index contributed by atoms with van der Waals surface area (Å²) in [4.78, 5) is 8.20. The van der Waals surface area contributed by atoms with Gasteiger partial charge in [0, 0.05) is 12.5 Å². The quantitative estimate of drug-likeness (QED) is 0.883. The van der Waals surface area contributed by atoms with Crippen molar-refractivity contribution in [3.63, 3.8) is 0 Å². The number of ether oxygens (including phenoxy) is 1. The first-order chi connectivity index (χ1) is 8.76. The maximum absolute atomic E-state index is 10.4. The van der Waals surface area contributed by atoms with Crippen LogP contribution >= 0.6 is 0 Å². The maximum atomic E-state index is 10.4. The van der Waals surface area contributed by atoms with E-state index in [2.05, 4.69) is 9.97 Å². The van der Waals surface area contributed by atoms with Crippen molar-refractivity contribution in [1.29, 1.82) is 0 Å². The topological polar surface area (TPSA) is 55.2 Å². The van der Waals surface area contributed by atoms with Gasteiger partial charge in [-0.05, 0) is 37.0 Å². The van der Waals surface area contributed by atoms with Crippen LogP contribution in [0.5, 0.6) is 5.88 Å². The van der Waals surface area contributed by atoms with E-state index in [9.17, 15) is 5.11 Å². The Morgan fingerprint density at radius 1 is 1.39 bits per heavy atom. The number of aliphatic hydroxyl groups is 1. The molecule has 2 fully saturated rings. The lowest BCUT2D eigenvalue weighted by molar-refractivity contribution is 0.0742. The van der Waals surface area contributed by atoms with E-state index in [4.69, 9.17) is 4.74 Å². The van der Waals surface area contributed by atoms with Gasteiger partial charge in [0.2, 0.25) is 5.88 Å². The second-order valence-electron chi connectivity index (χ2n) is 5.66. The number of nitrogens with zero attached hydrogens (tertiary/aromatic N) is 2. The summed E-state index contributed by atoms with van der Waals surface area (Å²) in [6, 6.07) is 1.82. The van der Waals surface area contributed by atoms with Crippen LogP contribution in [-0.4, -0.2) is 28.3 Å². The number of aliphatic hydroxyl groups excluding tert-OH is 1. The number of hydrogen-bond acceptors (Lipinski definition) is 4. The van der Waals surface area contributed by atoms with Crippen LogP contribution in [0.2, 0.25) is 0 Å². The SMILES string of the molecule is COc1cc(CC(O)C2CC3CCC2C3)ncn1. The van der Waals surface area contributed by atoms with E-state index in [1.54, 1.807) is 7.11 Å². The van der Waals surface area contributed by atoms with Gasteiger partial charge in [0.1, 0.15) is 6.33 Å². The summed E-state index contributed by atoms with van der Waals surface area (Å²) in [6.07, 6.45) is 7.06. The van der Waals surface area contributed by atoms with Crippen LogP contribution in [0.15, 0.2) is 12.4 Å². The second-order valence-corrected chi connectivity index (χ2v) is 5.66. The molecule has 4 heteroatoms. The average Bonchev–Trinajstić information content (AvgIpc) is 3.01. The van der Waals surface area contributed by atoms with Crippen molar-refractivity contribution in [2.75, 3.05) is 7.11 Å². The summed E-state index contributed by atoms with van der Waals surface area (Å²) in [7, 11) is 1.60. The molecule has 18 heavy (non-hydrogen) atoms. The van der Waals surface area contributed by atoms with Crippen molar-refractivity contribution >= 4 is 0 Å². The standard InChI is InChI=1S/C14H20N2O2/c1-18-14-7-11(15-8-16-14)6-13(17)12-5-9-2-3-10(12)4-9/h7-10,12-13,17H,2-6H2,1H3. The molecule has 3 rings (SSSR count). The van der Waals surface area contributed by atoms with Crippen molar-refractivity contribution in [1.82, 2.24) is 9.97 Å². The highest BCUT2D eigenvalue weighted by Crippen LogP contribution is 2.49. The Labute approximate surface area is 107 Å². The molecule has 98 valence electrons. The zero-order valence-corrected chi connectivity index (χ0v) is 10.7. The summed E-state index contributed by atoms with van der Waals surface area (Å²) in [5.41, 5.74) is 0.872. The highest BCUT2D eigenvalue weighted by molar-refractivity contribution is 5.14. The Kier molecular flexibility index (Phi) is 3.20. The monoisotopic (exact) mass is 248 g/mol. The zero-order valence-electron chi connectivity index (χ0n) is 10.7. The molecule has 0 saturated heterocycles. The lowest BCUT2D eigenvalue weighted by Gasteiger charge is -2.26. The van der Waals surface area contributed by atoms with Gasteiger partial charge in [0.25, 0.3) is 0 Å². The first-order valence-electron chi connectivity index (χ1n) is 6.79. The molecule has 2 saturated carbocycles. The molecule has 4 atom stereocenters. The molecule has 2 aliphatic rings. The summed E-state index contributed by atoms with van der Waals surface area (Å²) in [5, 5.41) is 10.4.